The highest BCUT2D eigenvalue weighted by Crippen LogP contribution is 2.47. The van der Waals surface area contributed by atoms with E-state index in [1.54, 1.807) is 11.3 Å². The quantitative estimate of drug-likeness (QED) is 0.844. The van der Waals surface area contributed by atoms with Gasteiger partial charge < -0.3 is 10.4 Å². The Bertz CT molecular complexity index is 322. The minimum Gasteiger partial charge on any atom is -0.396 e. The van der Waals surface area contributed by atoms with Crippen molar-refractivity contribution in [1.29, 1.82) is 0 Å². The summed E-state index contributed by atoms with van der Waals surface area (Å²) < 4.78 is 1.19. The van der Waals surface area contributed by atoms with Gasteiger partial charge in [-0.25, -0.2) is 0 Å². The third-order valence-electron chi connectivity index (χ3n) is 3.05. The van der Waals surface area contributed by atoms with Gasteiger partial charge in [0.2, 0.25) is 0 Å². The van der Waals surface area contributed by atoms with Gasteiger partial charge in [-0.2, -0.15) is 0 Å². The van der Waals surface area contributed by atoms with Crippen molar-refractivity contribution in [3.05, 3.63) is 20.8 Å². The van der Waals surface area contributed by atoms with Crippen molar-refractivity contribution >= 4 is 27.3 Å². The molecule has 84 valence electrons. The second kappa shape index (κ2) is 4.95. The van der Waals surface area contributed by atoms with Gasteiger partial charge in [0.25, 0.3) is 0 Å². The summed E-state index contributed by atoms with van der Waals surface area (Å²) in [6.07, 6.45) is 3.50. The SMILES string of the molecule is OCCC1(CNCc2csc(Br)c2)CC1. The zero-order valence-corrected chi connectivity index (χ0v) is 11.0. The molecule has 1 aliphatic rings. The number of halogens is 1. The highest BCUT2D eigenvalue weighted by Gasteiger charge is 2.41. The molecule has 0 bridgehead atoms. The third kappa shape index (κ3) is 3.28. The summed E-state index contributed by atoms with van der Waals surface area (Å²) in [6.45, 7) is 2.31. The second-order valence-corrected chi connectivity index (χ2v) is 6.63. The first-order chi connectivity index (χ1) is 7.24. The first kappa shape index (κ1) is 11.6. The maximum absolute atomic E-state index is 8.93. The first-order valence-corrected chi connectivity index (χ1v) is 6.96. The molecular weight excluding hydrogens is 274 g/mol. The lowest BCUT2D eigenvalue weighted by atomic mass is 10.0. The molecule has 0 amide bonds. The summed E-state index contributed by atoms with van der Waals surface area (Å²) in [5.41, 5.74) is 1.76. The maximum atomic E-state index is 8.93. The van der Waals surface area contributed by atoms with E-state index in [9.17, 15) is 0 Å². The van der Waals surface area contributed by atoms with Crippen molar-refractivity contribution < 1.29 is 5.11 Å². The number of aliphatic hydroxyl groups is 1. The summed E-state index contributed by atoms with van der Waals surface area (Å²) in [5, 5.41) is 14.6. The average molecular weight is 290 g/mol. The van der Waals surface area contributed by atoms with E-state index < -0.39 is 0 Å². The van der Waals surface area contributed by atoms with Gasteiger partial charge in [-0.05, 0) is 57.6 Å². The predicted molar refractivity (Wildman–Crippen MR) is 67.1 cm³/mol. The Morgan fingerprint density at radius 3 is 2.87 bits per heavy atom. The van der Waals surface area contributed by atoms with E-state index in [-0.39, 0.29) is 0 Å². The molecule has 0 radical (unpaired) electrons. The van der Waals surface area contributed by atoms with Crippen LogP contribution in [0.2, 0.25) is 0 Å². The van der Waals surface area contributed by atoms with Crippen LogP contribution in [0.4, 0.5) is 0 Å². The number of nitrogens with one attached hydrogen (secondary N) is 1. The van der Waals surface area contributed by atoms with Crippen molar-refractivity contribution in [1.82, 2.24) is 5.32 Å². The van der Waals surface area contributed by atoms with Crippen LogP contribution in [-0.2, 0) is 6.54 Å². The van der Waals surface area contributed by atoms with Gasteiger partial charge in [0, 0.05) is 19.7 Å². The van der Waals surface area contributed by atoms with Crippen LogP contribution in [0.15, 0.2) is 15.2 Å². The van der Waals surface area contributed by atoms with Crippen LogP contribution in [0.1, 0.15) is 24.8 Å². The monoisotopic (exact) mass is 289 g/mol. The molecule has 1 aromatic rings. The molecule has 0 saturated heterocycles. The van der Waals surface area contributed by atoms with Crippen molar-refractivity contribution in [2.45, 2.75) is 25.8 Å². The summed E-state index contributed by atoms with van der Waals surface area (Å²) in [6, 6.07) is 2.16. The Balaban J connectivity index is 1.71. The zero-order chi connectivity index (χ0) is 10.7. The largest absolute Gasteiger partial charge is 0.396 e. The topological polar surface area (TPSA) is 32.3 Å². The van der Waals surface area contributed by atoms with Crippen LogP contribution >= 0.6 is 27.3 Å². The molecule has 0 spiro atoms. The molecular formula is C11H16BrNOS. The fourth-order valence-electron chi connectivity index (χ4n) is 1.84. The maximum Gasteiger partial charge on any atom is 0.0701 e. The number of aliphatic hydroxyl groups excluding tert-OH is 1. The van der Waals surface area contributed by atoms with Crippen molar-refractivity contribution in [2.75, 3.05) is 13.2 Å². The molecule has 0 aromatic carbocycles. The highest BCUT2D eigenvalue weighted by atomic mass is 79.9. The van der Waals surface area contributed by atoms with E-state index in [4.69, 9.17) is 5.11 Å². The van der Waals surface area contributed by atoms with Crippen LogP contribution in [-0.4, -0.2) is 18.3 Å². The number of hydrogen-bond acceptors (Lipinski definition) is 3. The van der Waals surface area contributed by atoms with E-state index in [1.807, 2.05) is 0 Å². The van der Waals surface area contributed by atoms with Gasteiger partial charge in [-0.1, -0.05) is 0 Å². The lowest BCUT2D eigenvalue weighted by Gasteiger charge is -2.13. The highest BCUT2D eigenvalue weighted by molar-refractivity contribution is 9.11. The van der Waals surface area contributed by atoms with Gasteiger partial charge in [-0.15, -0.1) is 11.3 Å². The average Bonchev–Trinajstić information content (AvgIpc) is 2.83. The molecule has 1 fully saturated rings. The Kier molecular flexibility index (Phi) is 3.83. The lowest BCUT2D eigenvalue weighted by Crippen LogP contribution is -2.24. The molecule has 1 heterocycles. The first-order valence-electron chi connectivity index (χ1n) is 5.29. The molecule has 2 N–H and O–H groups in total. The molecule has 1 saturated carbocycles. The van der Waals surface area contributed by atoms with Crippen LogP contribution in [0.5, 0.6) is 0 Å². The van der Waals surface area contributed by atoms with Gasteiger partial charge in [0.1, 0.15) is 0 Å². The fraction of sp³-hybridized carbons (Fsp3) is 0.636. The molecule has 2 rings (SSSR count). The number of thiophene rings is 1. The standard InChI is InChI=1S/C11H16BrNOS/c12-10-5-9(7-15-10)6-13-8-11(1-2-11)3-4-14/h5,7,13-14H,1-4,6,8H2. The second-order valence-electron chi connectivity index (χ2n) is 4.34. The number of rotatable bonds is 6. The molecule has 2 nitrogen and oxygen atoms in total. The minimum absolute atomic E-state index is 0.325. The Morgan fingerprint density at radius 2 is 2.33 bits per heavy atom. The normalized spacial score (nSPS) is 18.0. The van der Waals surface area contributed by atoms with E-state index in [1.165, 1.54) is 22.2 Å². The molecule has 4 heteroatoms. The summed E-state index contributed by atoms with van der Waals surface area (Å²) in [7, 11) is 0. The Morgan fingerprint density at radius 1 is 1.53 bits per heavy atom. The Labute approximate surface area is 103 Å². The van der Waals surface area contributed by atoms with Crippen LogP contribution in [0.3, 0.4) is 0 Å². The molecule has 1 aliphatic carbocycles. The van der Waals surface area contributed by atoms with Gasteiger partial charge in [-0.3, -0.25) is 0 Å². The summed E-state index contributed by atoms with van der Waals surface area (Å²) >= 11 is 5.18. The third-order valence-corrected chi connectivity index (χ3v) is 4.60. The van der Waals surface area contributed by atoms with Crippen molar-refractivity contribution in [3.63, 3.8) is 0 Å². The van der Waals surface area contributed by atoms with Crippen LogP contribution in [0, 0.1) is 5.41 Å². The minimum atomic E-state index is 0.325. The molecule has 0 unspecified atom stereocenters. The molecule has 0 aliphatic heterocycles. The van der Waals surface area contributed by atoms with E-state index in [2.05, 4.69) is 32.7 Å². The van der Waals surface area contributed by atoms with Crippen LogP contribution in [0.25, 0.3) is 0 Å². The lowest BCUT2D eigenvalue weighted by molar-refractivity contribution is 0.245. The number of hydrogen-bond donors (Lipinski definition) is 2. The van der Waals surface area contributed by atoms with E-state index in [0.29, 0.717) is 12.0 Å². The molecule has 0 atom stereocenters. The smallest absolute Gasteiger partial charge is 0.0701 e. The van der Waals surface area contributed by atoms with Gasteiger partial charge >= 0.3 is 0 Å². The van der Waals surface area contributed by atoms with E-state index in [0.717, 1.165) is 19.5 Å². The van der Waals surface area contributed by atoms with Crippen molar-refractivity contribution in [3.8, 4) is 0 Å². The summed E-state index contributed by atoms with van der Waals surface area (Å²) in [4.78, 5) is 0. The Hall–Kier alpha value is 0.100. The molecule has 15 heavy (non-hydrogen) atoms. The zero-order valence-electron chi connectivity index (χ0n) is 8.63. The fourth-order valence-corrected chi connectivity index (χ4v) is 3.05. The van der Waals surface area contributed by atoms with E-state index >= 15 is 0 Å². The predicted octanol–water partition coefficient (Wildman–Crippen LogP) is 2.76. The van der Waals surface area contributed by atoms with Gasteiger partial charge in [0.15, 0.2) is 0 Å². The molecule has 1 aromatic heterocycles. The van der Waals surface area contributed by atoms with Crippen LogP contribution < -0.4 is 5.32 Å². The van der Waals surface area contributed by atoms with Crippen molar-refractivity contribution in [2.24, 2.45) is 5.41 Å². The van der Waals surface area contributed by atoms with Gasteiger partial charge in [0.05, 0.1) is 3.79 Å². The summed E-state index contributed by atoms with van der Waals surface area (Å²) in [5.74, 6) is 0.